The molecule has 2 aromatic rings. The third kappa shape index (κ3) is 6.00. The lowest BCUT2D eigenvalue weighted by Crippen LogP contribution is -2.30. The minimum Gasteiger partial charge on any atom is -0.491 e. The van der Waals surface area contributed by atoms with Crippen LogP contribution in [0.15, 0.2) is 40.9 Å². The molecular weight excluding hydrogens is 402 g/mol. The predicted octanol–water partition coefficient (Wildman–Crippen LogP) is 3.67. The molecule has 1 fully saturated rings. The second-order valence-electron chi connectivity index (χ2n) is 5.99. The Morgan fingerprint density at radius 3 is 2.38 bits per heavy atom. The van der Waals surface area contributed by atoms with Gasteiger partial charge in [0.25, 0.3) is 0 Å². The molecule has 0 heterocycles. The van der Waals surface area contributed by atoms with Crippen LogP contribution in [0.4, 0.5) is 0 Å². The van der Waals surface area contributed by atoms with Gasteiger partial charge in [-0.15, -0.1) is 0 Å². The summed E-state index contributed by atoms with van der Waals surface area (Å²) in [4.78, 5) is 18.2. The fourth-order valence-electron chi connectivity index (χ4n) is 2.88. The van der Waals surface area contributed by atoms with Gasteiger partial charge in [0.1, 0.15) is 12.4 Å². The van der Waals surface area contributed by atoms with Crippen molar-refractivity contribution >= 4 is 38.6 Å². The molecule has 1 aliphatic carbocycles. The first kappa shape index (κ1) is 20.2. The summed E-state index contributed by atoms with van der Waals surface area (Å²) >= 11 is 3.65. The van der Waals surface area contributed by atoms with Gasteiger partial charge in [-0.3, -0.25) is 0 Å². The Bertz CT molecular complexity index is 747. The SMILES string of the molecule is Brc1c(OCCNC2CCCC2)ccc2ccccc12.O=C(O)C(=O)O. The quantitative estimate of drug-likeness (QED) is 0.501. The van der Waals surface area contributed by atoms with Crippen LogP contribution in [-0.2, 0) is 9.59 Å². The largest absolute Gasteiger partial charge is 0.491 e. The molecule has 6 nitrogen and oxygen atoms in total. The standard InChI is InChI=1S/C17H20BrNO.C2H2O4/c18-17-15-8-4-1-5-13(15)9-10-16(17)20-12-11-19-14-6-2-3-7-14;3-1(4)2(5)6/h1,4-5,8-10,14,19H,2-3,6-7,11-12H2;(H,3,4)(H,5,6). The van der Waals surface area contributed by atoms with Crippen molar-refractivity contribution in [3.05, 3.63) is 40.9 Å². The molecule has 7 heteroatoms. The highest BCUT2D eigenvalue weighted by molar-refractivity contribution is 9.10. The van der Waals surface area contributed by atoms with Crippen LogP contribution >= 0.6 is 15.9 Å². The van der Waals surface area contributed by atoms with Gasteiger partial charge in [0, 0.05) is 12.6 Å². The number of fused-ring (bicyclic) bond motifs is 1. The van der Waals surface area contributed by atoms with Gasteiger partial charge in [0.2, 0.25) is 0 Å². The summed E-state index contributed by atoms with van der Waals surface area (Å²) in [7, 11) is 0. The van der Waals surface area contributed by atoms with Crippen LogP contribution in [0.3, 0.4) is 0 Å². The summed E-state index contributed by atoms with van der Waals surface area (Å²) in [5.74, 6) is -2.72. The molecule has 3 rings (SSSR count). The summed E-state index contributed by atoms with van der Waals surface area (Å²) in [6.07, 6.45) is 5.38. The molecule has 1 saturated carbocycles. The first-order valence-corrected chi connectivity index (χ1v) is 9.28. The van der Waals surface area contributed by atoms with E-state index in [0.717, 1.165) is 16.8 Å². The van der Waals surface area contributed by atoms with E-state index in [-0.39, 0.29) is 0 Å². The summed E-state index contributed by atoms with van der Waals surface area (Å²) in [5.41, 5.74) is 0. The number of benzene rings is 2. The highest BCUT2D eigenvalue weighted by atomic mass is 79.9. The van der Waals surface area contributed by atoms with Gasteiger partial charge in [0.05, 0.1) is 4.47 Å². The van der Waals surface area contributed by atoms with Crippen LogP contribution in [0.2, 0.25) is 0 Å². The Labute approximate surface area is 160 Å². The number of ether oxygens (including phenoxy) is 1. The van der Waals surface area contributed by atoms with E-state index in [4.69, 9.17) is 24.5 Å². The normalized spacial score (nSPS) is 13.9. The van der Waals surface area contributed by atoms with Crippen LogP contribution in [0.5, 0.6) is 5.75 Å². The number of nitrogens with one attached hydrogen (secondary N) is 1. The molecule has 0 unspecified atom stereocenters. The minimum absolute atomic E-state index is 0.707. The molecule has 0 radical (unpaired) electrons. The van der Waals surface area contributed by atoms with Crippen LogP contribution in [0, 0.1) is 0 Å². The lowest BCUT2D eigenvalue weighted by molar-refractivity contribution is -0.159. The molecule has 0 saturated heterocycles. The fourth-order valence-corrected chi connectivity index (χ4v) is 3.49. The smallest absolute Gasteiger partial charge is 0.414 e. The Balaban J connectivity index is 0.000000352. The summed E-state index contributed by atoms with van der Waals surface area (Å²) in [6, 6.07) is 13.2. The molecule has 140 valence electrons. The lowest BCUT2D eigenvalue weighted by atomic mass is 10.1. The average Bonchev–Trinajstić information content (AvgIpc) is 3.14. The maximum absolute atomic E-state index is 9.10. The van der Waals surface area contributed by atoms with E-state index >= 15 is 0 Å². The Hall–Kier alpha value is -2.12. The monoisotopic (exact) mass is 423 g/mol. The predicted molar refractivity (Wildman–Crippen MR) is 103 cm³/mol. The highest BCUT2D eigenvalue weighted by Crippen LogP contribution is 2.32. The second kappa shape index (κ2) is 10.1. The maximum atomic E-state index is 9.10. The van der Waals surface area contributed by atoms with Gasteiger partial charge in [-0.05, 0) is 45.6 Å². The zero-order chi connectivity index (χ0) is 18.9. The second-order valence-corrected chi connectivity index (χ2v) is 6.79. The third-order valence-corrected chi connectivity index (χ3v) is 4.98. The van der Waals surface area contributed by atoms with Crippen LogP contribution in [0.1, 0.15) is 25.7 Å². The molecule has 0 amide bonds. The number of hydrogen-bond donors (Lipinski definition) is 3. The molecule has 1 aliphatic rings. The lowest BCUT2D eigenvalue weighted by Gasteiger charge is -2.14. The highest BCUT2D eigenvalue weighted by Gasteiger charge is 2.13. The topological polar surface area (TPSA) is 95.9 Å². The minimum atomic E-state index is -1.82. The summed E-state index contributed by atoms with van der Waals surface area (Å²) in [6.45, 7) is 1.64. The van der Waals surface area contributed by atoms with E-state index in [0.29, 0.717) is 12.6 Å². The van der Waals surface area contributed by atoms with Crippen molar-refractivity contribution in [2.45, 2.75) is 31.7 Å². The molecule has 0 spiro atoms. The van der Waals surface area contributed by atoms with E-state index in [1.807, 2.05) is 6.07 Å². The number of halogens is 1. The number of carboxylic acids is 2. The van der Waals surface area contributed by atoms with Gasteiger partial charge in [-0.2, -0.15) is 0 Å². The molecule has 26 heavy (non-hydrogen) atoms. The number of carbonyl (C=O) groups is 2. The van der Waals surface area contributed by atoms with Crippen molar-refractivity contribution < 1.29 is 24.5 Å². The van der Waals surface area contributed by atoms with Crippen molar-refractivity contribution in [3.63, 3.8) is 0 Å². The third-order valence-electron chi connectivity index (χ3n) is 4.16. The van der Waals surface area contributed by atoms with Gasteiger partial charge >= 0.3 is 11.9 Å². The molecule has 2 aromatic carbocycles. The molecule has 0 aliphatic heterocycles. The number of rotatable bonds is 5. The maximum Gasteiger partial charge on any atom is 0.414 e. The molecule has 0 bridgehead atoms. The van der Waals surface area contributed by atoms with Gasteiger partial charge in [-0.1, -0.05) is 43.2 Å². The van der Waals surface area contributed by atoms with Gasteiger partial charge < -0.3 is 20.3 Å². The fraction of sp³-hybridized carbons (Fsp3) is 0.368. The first-order valence-electron chi connectivity index (χ1n) is 8.48. The summed E-state index contributed by atoms with van der Waals surface area (Å²) < 4.78 is 6.95. The molecule has 3 N–H and O–H groups in total. The van der Waals surface area contributed by atoms with Crippen molar-refractivity contribution in [2.75, 3.05) is 13.2 Å². The van der Waals surface area contributed by atoms with Gasteiger partial charge in [0.15, 0.2) is 0 Å². The van der Waals surface area contributed by atoms with E-state index in [2.05, 4.69) is 51.6 Å². The Morgan fingerprint density at radius 2 is 1.73 bits per heavy atom. The summed E-state index contributed by atoms with van der Waals surface area (Å²) in [5, 5.41) is 20.8. The molecular formula is C19H22BrNO5. The van der Waals surface area contributed by atoms with E-state index < -0.39 is 11.9 Å². The van der Waals surface area contributed by atoms with Crippen molar-refractivity contribution in [1.29, 1.82) is 0 Å². The van der Waals surface area contributed by atoms with E-state index in [1.165, 1.54) is 36.5 Å². The molecule has 0 aromatic heterocycles. The van der Waals surface area contributed by atoms with E-state index in [1.54, 1.807) is 0 Å². The first-order chi connectivity index (χ1) is 12.5. The number of carboxylic acid groups (broad SMARTS) is 2. The molecule has 0 atom stereocenters. The van der Waals surface area contributed by atoms with E-state index in [9.17, 15) is 0 Å². The van der Waals surface area contributed by atoms with Gasteiger partial charge in [-0.25, -0.2) is 9.59 Å². The zero-order valence-corrected chi connectivity index (χ0v) is 15.9. The van der Waals surface area contributed by atoms with Crippen LogP contribution in [-0.4, -0.2) is 41.3 Å². The number of aliphatic carboxylic acids is 2. The number of hydrogen-bond acceptors (Lipinski definition) is 4. The van der Waals surface area contributed by atoms with Crippen LogP contribution < -0.4 is 10.1 Å². The van der Waals surface area contributed by atoms with Crippen molar-refractivity contribution in [3.8, 4) is 5.75 Å². The zero-order valence-electron chi connectivity index (χ0n) is 14.3. The Morgan fingerprint density at radius 1 is 1.08 bits per heavy atom. The van der Waals surface area contributed by atoms with Crippen molar-refractivity contribution in [2.24, 2.45) is 0 Å². The van der Waals surface area contributed by atoms with Crippen molar-refractivity contribution in [1.82, 2.24) is 5.32 Å². The Kier molecular flexibility index (Phi) is 7.87. The average molecular weight is 424 g/mol. The van der Waals surface area contributed by atoms with Crippen LogP contribution in [0.25, 0.3) is 10.8 Å².